The van der Waals surface area contributed by atoms with Gasteiger partial charge in [0.25, 0.3) is 0 Å². The number of carboxylic acid groups (broad SMARTS) is 1. The average Bonchev–Trinajstić information content (AvgIpc) is 2.50. The van der Waals surface area contributed by atoms with Gasteiger partial charge >= 0.3 is 5.97 Å². The molecule has 0 bridgehead atoms. The van der Waals surface area contributed by atoms with Crippen LogP contribution in [0.1, 0.15) is 32.3 Å². The lowest BCUT2D eigenvalue weighted by molar-refractivity contribution is -0.147. The monoisotopic (exact) mass is 291 g/mol. The smallest absolute Gasteiger partial charge is 0.329 e. The third-order valence-corrected chi connectivity index (χ3v) is 3.52. The largest absolute Gasteiger partial charge is 0.497 e. The number of methoxy groups -OCH3 is 1. The summed E-state index contributed by atoms with van der Waals surface area (Å²) in [6.45, 7) is 3.48. The van der Waals surface area contributed by atoms with Crippen LogP contribution in [0, 0.1) is 0 Å². The fraction of sp³-hybridized carbons (Fsp3) is 0.375. The Bertz CT molecular complexity index is 516. The molecule has 0 saturated carbocycles. The average molecular weight is 291 g/mol. The Morgan fingerprint density at radius 1 is 1.24 bits per heavy atom. The highest BCUT2D eigenvalue weighted by atomic mass is 16.5. The van der Waals surface area contributed by atoms with E-state index >= 15 is 0 Å². The van der Waals surface area contributed by atoms with Gasteiger partial charge in [-0.3, -0.25) is 4.79 Å². The third kappa shape index (κ3) is 4.34. The Morgan fingerprint density at radius 3 is 2.24 bits per heavy atom. The molecule has 0 saturated heterocycles. The zero-order valence-corrected chi connectivity index (χ0v) is 12.6. The second-order valence-electron chi connectivity index (χ2n) is 4.69. The van der Waals surface area contributed by atoms with E-state index in [9.17, 15) is 14.7 Å². The summed E-state index contributed by atoms with van der Waals surface area (Å²) in [5.74, 6) is -0.700. The molecule has 0 aliphatic heterocycles. The van der Waals surface area contributed by atoms with Crippen molar-refractivity contribution >= 4 is 18.0 Å². The van der Waals surface area contributed by atoms with Gasteiger partial charge in [-0.15, -0.1) is 0 Å². The Labute approximate surface area is 124 Å². The van der Waals surface area contributed by atoms with Crippen molar-refractivity contribution in [3.05, 3.63) is 35.9 Å². The molecule has 1 rings (SSSR count). The van der Waals surface area contributed by atoms with Gasteiger partial charge in [0.05, 0.1) is 7.11 Å². The van der Waals surface area contributed by atoms with Gasteiger partial charge in [0, 0.05) is 6.08 Å². The van der Waals surface area contributed by atoms with Crippen LogP contribution < -0.4 is 10.1 Å². The minimum absolute atomic E-state index is 0.334. The van der Waals surface area contributed by atoms with Gasteiger partial charge in [-0.25, -0.2) is 4.79 Å². The van der Waals surface area contributed by atoms with Crippen molar-refractivity contribution in [1.29, 1.82) is 0 Å². The van der Waals surface area contributed by atoms with Crippen LogP contribution in [0.5, 0.6) is 5.75 Å². The lowest BCUT2D eigenvalue weighted by atomic mass is 9.93. The van der Waals surface area contributed by atoms with E-state index in [4.69, 9.17) is 4.74 Å². The quantitative estimate of drug-likeness (QED) is 0.757. The maximum absolute atomic E-state index is 11.9. The van der Waals surface area contributed by atoms with E-state index in [1.54, 1.807) is 39.2 Å². The molecule has 1 aromatic carbocycles. The second-order valence-corrected chi connectivity index (χ2v) is 4.69. The van der Waals surface area contributed by atoms with Crippen molar-refractivity contribution in [2.45, 2.75) is 32.2 Å². The molecule has 0 aliphatic rings. The summed E-state index contributed by atoms with van der Waals surface area (Å²) in [6.07, 6.45) is 3.64. The van der Waals surface area contributed by atoms with Crippen molar-refractivity contribution in [3.63, 3.8) is 0 Å². The minimum atomic E-state index is -1.21. The first-order valence-corrected chi connectivity index (χ1v) is 6.85. The van der Waals surface area contributed by atoms with E-state index < -0.39 is 17.4 Å². The summed E-state index contributed by atoms with van der Waals surface area (Å²) in [5.41, 5.74) is -0.374. The molecule has 0 aromatic heterocycles. The molecular formula is C16H21NO4. The zero-order chi connectivity index (χ0) is 15.9. The molecule has 0 aliphatic carbocycles. The molecule has 1 aromatic rings. The molecule has 0 fully saturated rings. The Morgan fingerprint density at radius 2 is 1.81 bits per heavy atom. The molecule has 0 radical (unpaired) electrons. The first-order chi connectivity index (χ1) is 9.97. The number of hydrogen-bond acceptors (Lipinski definition) is 3. The number of benzene rings is 1. The Hall–Kier alpha value is -2.30. The lowest BCUT2D eigenvalue weighted by Gasteiger charge is -2.27. The van der Waals surface area contributed by atoms with Crippen LogP contribution in [0.15, 0.2) is 30.3 Å². The number of aliphatic carboxylic acids is 1. The van der Waals surface area contributed by atoms with Crippen LogP contribution in [0.3, 0.4) is 0 Å². The second kappa shape index (κ2) is 7.47. The molecule has 1 amide bonds. The van der Waals surface area contributed by atoms with E-state index in [0.29, 0.717) is 12.8 Å². The van der Waals surface area contributed by atoms with Crippen LogP contribution in [0.2, 0.25) is 0 Å². The first-order valence-electron chi connectivity index (χ1n) is 6.85. The van der Waals surface area contributed by atoms with Crippen molar-refractivity contribution < 1.29 is 19.4 Å². The molecule has 5 nitrogen and oxygen atoms in total. The van der Waals surface area contributed by atoms with Gasteiger partial charge in [-0.05, 0) is 36.6 Å². The predicted molar refractivity (Wildman–Crippen MR) is 81.1 cm³/mol. The Balaban J connectivity index is 2.75. The number of amides is 1. The minimum Gasteiger partial charge on any atom is -0.497 e. The summed E-state index contributed by atoms with van der Waals surface area (Å²) in [5, 5.41) is 11.8. The number of nitrogens with one attached hydrogen (secondary N) is 1. The molecule has 114 valence electrons. The maximum atomic E-state index is 11.9. The van der Waals surface area contributed by atoms with E-state index in [1.807, 2.05) is 12.1 Å². The highest BCUT2D eigenvalue weighted by Gasteiger charge is 2.35. The van der Waals surface area contributed by atoms with Gasteiger partial charge in [-0.2, -0.15) is 0 Å². The van der Waals surface area contributed by atoms with E-state index in [1.165, 1.54) is 6.08 Å². The van der Waals surface area contributed by atoms with Crippen molar-refractivity contribution in [1.82, 2.24) is 5.32 Å². The summed E-state index contributed by atoms with van der Waals surface area (Å²) in [4.78, 5) is 23.2. The van der Waals surface area contributed by atoms with Crippen molar-refractivity contribution in [2.75, 3.05) is 7.11 Å². The molecular weight excluding hydrogens is 270 g/mol. The maximum Gasteiger partial charge on any atom is 0.329 e. The van der Waals surface area contributed by atoms with Crippen LogP contribution in [-0.4, -0.2) is 29.6 Å². The molecule has 0 heterocycles. The molecule has 2 N–H and O–H groups in total. The van der Waals surface area contributed by atoms with Crippen LogP contribution in [-0.2, 0) is 9.59 Å². The third-order valence-electron chi connectivity index (χ3n) is 3.52. The normalized spacial score (nSPS) is 11.4. The standard InChI is InChI=1S/C16H21NO4/c1-4-16(5-2,15(19)20)17-14(18)11-8-12-6-9-13(21-3)10-7-12/h6-11H,4-5H2,1-3H3,(H,17,18)(H,19,20). The summed E-state index contributed by atoms with van der Waals surface area (Å²) < 4.78 is 5.05. The van der Waals surface area contributed by atoms with E-state index in [0.717, 1.165) is 11.3 Å². The number of ether oxygens (including phenoxy) is 1. The highest BCUT2D eigenvalue weighted by molar-refractivity contribution is 5.95. The molecule has 5 heteroatoms. The van der Waals surface area contributed by atoms with Crippen molar-refractivity contribution in [2.24, 2.45) is 0 Å². The van der Waals surface area contributed by atoms with Crippen LogP contribution >= 0.6 is 0 Å². The molecule has 0 atom stereocenters. The molecule has 0 spiro atoms. The fourth-order valence-electron chi connectivity index (χ4n) is 1.95. The summed E-state index contributed by atoms with van der Waals surface area (Å²) in [7, 11) is 1.58. The predicted octanol–water partition coefficient (Wildman–Crippen LogP) is 2.47. The van der Waals surface area contributed by atoms with Gasteiger partial charge in [0.2, 0.25) is 5.91 Å². The van der Waals surface area contributed by atoms with Crippen molar-refractivity contribution in [3.8, 4) is 5.75 Å². The summed E-state index contributed by atoms with van der Waals surface area (Å²) >= 11 is 0. The number of carbonyl (C=O) groups excluding carboxylic acids is 1. The van der Waals surface area contributed by atoms with E-state index in [-0.39, 0.29) is 0 Å². The van der Waals surface area contributed by atoms with Crippen LogP contribution in [0.25, 0.3) is 6.08 Å². The molecule has 21 heavy (non-hydrogen) atoms. The highest BCUT2D eigenvalue weighted by Crippen LogP contribution is 2.16. The zero-order valence-electron chi connectivity index (χ0n) is 12.6. The number of carboxylic acids is 1. The number of carbonyl (C=O) groups is 2. The van der Waals surface area contributed by atoms with Gasteiger partial charge in [0.15, 0.2) is 0 Å². The summed E-state index contributed by atoms with van der Waals surface area (Å²) in [6, 6.07) is 7.20. The van der Waals surface area contributed by atoms with Gasteiger partial charge in [-0.1, -0.05) is 26.0 Å². The van der Waals surface area contributed by atoms with Gasteiger partial charge in [0.1, 0.15) is 11.3 Å². The van der Waals surface area contributed by atoms with Crippen LogP contribution in [0.4, 0.5) is 0 Å². The first kappa shape index (κ1) is 16.8. The lowest BCUT2D eigenvalue weighted by Crippen LogP contribution is -2.53. The number of rotatable bonds is 7. The van der Waals surface area contributed by atoms with Gasteiger partial charge < -0.3 is 15.2 Å². The SMILES string of the molecule is CCC(CC)(NC(=O)C=Cc1ccc(OC)cc1)C(=O)O. The Kier molecular flexibility index (Phi) is 5.96. The molecule has 0 unspecified atom stereocenters. The topological polar surface area (TPSA) is 75.6 Å². The van der Waals surface area contributed by atoms with E-state index in [2.05, 4.69) is 5.32 Å². The number of hydrogen-bond donors (Lipinski definition) is 2. The fourth-order valence-corrected chi connectivity index (χ4v) is 1.95.